The number of thiophene rings is 1. The Hall–Kier alpha value is 0.140. The molecule has 0 fully saturated rings. The normalized spacial score (nSPS) is 15.4. The number of halogens is 1. The lowest BCUT2D eigenvalue weighted by Gasteiger charge is -2.14. The molecule has 0 saturated heterocycles. The van der Waals surface area contributed by atoms with Gasteiger partial charge in [0.05, 0.1) is 0 Å². The van der Waals surface area contributed by atoms with Gasteiger partial charge in [0.2, 0.25) is 0 Å². The SMILES string of the molecule is CC(Br)CC(C)NCCc1cccs1. The molecule has 1 aromatic heterocycles. The lowest BCUT2D eigenvalue weighted by Crippen LogP contribution is -2.29. The fraction of sp³-hybridized carbons (Fsp3) is 0.636. The molecule has 0 bridgehead atoms. The standard InChI is InChI=1S/C11H18BrNS/c1-9(12)8-10(2)13-6-5-11-4-3-7-14-11/h3-4,7,9-10,13H,5-6,8H2,1-2H3. The molecule has 0 spiro atoms. The lowest BCUT2D eigenvalue weighted by atomic mass is 10.2. The van der Waals surface area contributed by atoms with E-state index < -0.39 is 0 Å². The maximum absolute atomic E-state index is 3.57. The molecular formula is C11H18BrNS. The summed E-state index contributed by atoms with van der Waals surface area (Å²) in [5, 5.41) is 5.67. The minimum atomic E-state index is 0.601. The molecule has 0 aliphatic rings. The van der Waals surface area contributed by atoms with Crippen LogP contribution in [0.25, 0.3) is 0 Å². The van der Waals surface area contributed by atoms with Gasteiger partial charge in [0.1, 0.15) is 0 Å². The number of rotatable bonds is 6. The summed E-state index contributed by atoms with van der Waals surface area (Å²) in [4.78, 5) is 2.07. The van der Waals surface area contributed by atoms with Crippen LogP contribution in [0.1, 0.15) is 25.1 Å². The van der Waals surface area contributed by atoms with Gasteiger partial charge in [-0.2, -0.15) is 0 Å². The van der Waals surface area contributed by atoms with E-state index in [9.17, 15) is 0 Å². The highest BCUT2D eigenvalue weighted by molar-refractivity contribution is 9.09. The van der Waals surface area contributed by atoms with E-state index >= 15 is 0 Å². The Morgan fingerprint density at radius 3 is 2.86 bits per heavy atom. The minimum Gasteiger partial charge on any atom is -0.314 e. The second-order valence-electron chi connectivity index (χ2n) is 3.70. The zero-order valence-corrected chi connectivity index (χ0v) is 11.2. The molecule has 14 heavy (non-hydrogen) atoms. The van der Waals surface area contributed by atoms with Crippen LogP contribution in [0.4, 0.5) is 0 Å². The third kappa shape index (κ3) is 5.13. The van der Waals surface area contributed by atoms with E-state index in [4.69, 9.17) is 0 Å². The second kappa shape index (κ2) is 6.59. The van der Waals surface area contributed by atoms with Crippen molar-refractivity contribution in [1.29, 1.82) is 0 Å². The van der Waals surface area contributed by atoms with Gasteiger partial charge < -0.3 is 5.32 Å². The van der Waals surface area contributed by atoms with Gasteiger partial charge in [-0.3, -0.25) is 0 Å². The van der Waals surface area contributed by atoms with Crippen LogP contribution in [-0.2, 0) is 6.42 Å². The first-order valence-electron chi connectivity index (χ1n) is 5.08. The van der Waals surface area contributed by atoms with Crippen molar-refractivity contribution >= 4 is 27.3 Å². The van der Waals surface area contributed by atoms with E-state index in [0.29, 0.717) is 10.9 Å². The van der Waals surface area contributed by atoms with Crippen molar-refractivity contribution in [2.75, 3.05) is 6.54 Å². The topological polar surface area (TPSA) is 12.0 Å². The highest BCUT2D eigenvalue weighted by atomic mass is 79.9. The largest absolute Gasteiger partial charge is 0.314 e. The predicted molar refractivity (Wildman–Crippen MR) is 68.5 cm³/mol. The first kappa shape index (κ1) is 12.2. The van der Waals surface area contributed by atoms with E-state index in [2.05, 4.69) is 52.6 Å². The number of alkyl halides is 1. The summed E-state index contributed by atoms with van der Waals surface area (Å²) in [6, 6.07) is 4.91. The van der Waals surface area contributed by atoms with Gasteiger partial charge in [0.15, 0.2) is 0 Å². The average Bonchev–Trinajstić information content (AvgIpc) is 2.55. The molecule has 0 aliphatic heterocycles. The van der Waals surface area contributed by atoms with Crippen molar-refractivity contribution in [2.24, 2.45) is 0 Å². The molecule has 1 rings (SSSR count). The molecular weight excluding hydrogens is 258 g/mol. The Labute approximate surface area is 99.0 Å². The zero-order chi connectivity index (χ0) is 10.4. The molecule has 1 nitrogen and oxygen atoms in total. The molecule has 0 radical (unpaired) electrons. The molecule has 2 atom stereocenters. The highest BCUT2D eigenvalue weighted by Gasteiger charge is 2.04. The number of nitrogens with one attached hydrogen (secondary N) is 1. The van der Waals surface area contributed by atoms with E-state index in [-0.39, 0.29) is 0 Å². The summed E-state index contributed by atoms with van der Waals surface area (Å²) in [7, 11) is 0. The summed E-state index contributed by atoms with van der Waals surface area (Å²) in [6.07, 6.45) is 2.34. The van der Waals surface area contributed by atoms with Gasteiger partial charge in [-0.05, 0) is 31.2 Å². The van der Waals surface area contributed by atoms with Crippen molar-refractivity contribution in [3.63, 3.8) is 0 Å². The van der Waals surface area contributed by atoms with Gasteiger partial charge in [-0.25, -0.2) is 0 Å². The highest BCUT2D eigenvalue weighted by Crippen LogP contribution is 2.09. The smallest absolute Gasteiger partial charge is 0.0132 e. The van der Waals surface area contributed by atoms with Crippen LogP contribution >= 0.6 is 27.3 Å². The fourth-order valence-electron chi connectivity index (χ4n) is 1.47. The molecule has 1 N–H and O–H groups in total. The summed E-state index contributed by atoms with van der Waals surface area (Å²) in [6.45, 7) is 5.52. The van der Waals surface area contributed by atoms with E-state index in [0.717, 1.165) is 13.0 Å². The monoisotopic (exact) mass is 275 g/mol. The summed E-state index contributed by atoms with van der Waals surface area (Å²) < 4.78 is 0. The van der Waals surface area contributed by atoms with Crippen LogP contribution in [-0.4, -0.2) is 17.4 Å². The molecule has 0 aliphatic carbocycles. The van der Waals surface area contributed by atoms with E-state index in [1.54, 1.807) is 0 Å². The molecule has 2 unspecified atom stereocenters. The van der Waals surface area contributed by atoms with Crippen molar-refractivity contribution in [2.45, 2.75) is 37.6 Å². The van der Waals surface area contributed by atoms with Crippen LogP contribution in [0.5, 0.6) is 0 Å². The van der Waals surface area contributed by atoms with Gasteiger partial charge in [-0.15, -0.1) is 11.3 Å². The van der Waals surface area contributed by atoms with Gasteiger partial charge in [0.25, 0.3) is 0 Å². The van der Waals surface area contributed by atoms with Gasteiger partial charge in [-0.1, -0.05) is 28.9 Å². The van der Waals surface area contributed by atoms with Crippen LogP contribution < -0.4 is 5.32 Å². The first-order chi connectivity index (χ1) is 6.68. The Morgan fingerprint density at radius 2 is 2.29 bits per heavy atom. The Bertz CT molecular complexity index is 233. The molecule has 1 heterocycles. The summed E-state index contributed by atoms with van der Waals surface area (Å²) in [5.74, 6) is 0. The van der Waals surface area contributed by atoms with Crippen molar-refractivity contribution in [3.8, 4) is 0 Å². The Balaban J connectivity index is 2.09. The number of hydrogen-bond donors (Lipinski definition) is 1. The van der Waals surface area contributed by atoms with Gasteiger partial charge in [0, 0.05) is 22.3 Å². The Kier molecular flexibility index (Phi) is 5.75. The lowest BCUT2D eigenvalue weighted by molar-refractivity contribution is 0.520. The average molecular weight is 276 g/mol. The van der Waals surface area contributed by atoms with E-state index in [1.807, 2.05) is 11.3 Å². The van der Waals surface area contributed by atoms with Crippen molar-refractivity contribution in [1.82, 2.24) is 5.32 Å². The third-order valence-corrected chi connectivity index (χ3v) is 3.43. The van der Waals surface area contributed by atoms with Crippen molar-refractivity contribution < 1.29 is 0 Å². The van der Waals surface area contributed by atoms with Crippen LogP contribution in [0.3, 0.4) is 0 Å². The summed E-state index contributed by atoms with van der Waals surface area (Å²) in [5.41, 5.74) is 0. The van der Waals surface area contributed by atoms with Gasteiger partial charge >= 0.3 is 0 Å². The quantitative estimate of drug-likeness (QED) is 0.785. The minimum absolute atomic E-state index is 0.601. The van der Waals surface area contributed by atoms with Crippen LogP contribution in [0, 0.1) is 0 Å². The third-order valence-electron chi connectivity index (χ3n) is 2.12. The molecule has 1 aromatic rings. The maximum Gasteiger partial charge on any atom is 0.0132 e. The van der Waals surface area contributed by atoms with E-state index in [1.165, 1.54) is 11.3 Å². The second-order valence-corrected chi connectivity index (χ2v) is 6.30. The Morgan fingerprint density at radius 1 is 1.50 bits per heavy atom. The van der Waals surface area contributed by atoms with Crippen molar-refractivity contribution in [3.05, 3.63) is 22.4 Å². The first-order valence-corrected chi connectivity index (χ1v) is 6.88. The molecule has 80 valence electrons. The van der Waals surface area contributed by atoms with Crippen LogP contribution in [0.15, 0.2) is 17.5 Å². The molecule has 0 amide bonds. The zero-order valence-electron chi connectivity index (χ0n) is 8.79. The molecule has 3 heteroatoms. The molecule has 0 saturated carbocycles. The maximum atomic E-state index is 3.57. The predicted octanol–water partition coefficient (Wildman–Crippen LogP) is 3.44. The summed E-state index contributed by atoms with van der Waals surface area (Å²) >= 11 is 5.41. The molecule has 0 aromatic carbocycles. The number of hydrogen-bond acceptors (Lipinski definition) is 2. The van der Waals surface area contributed by atoms with Crippen LogP contribution in [0.2, 0.25) is 0 Å². The fourth-order valence-corrected chi connectivity index (χ4v) is 2.74.